The number of rotatable bonds is 4. The first-order valence-electron chi connectivity index (χ1n) is 8.75. The highest BCUT2D eigenvalue weighted by Gasteiger charge is 2.35. The minimum atomic E-state index is -0.442. The van der Waals surface area contributed by atoms with Crippen LogP contribution in [0.2, 0.25) is 0 Å². The minimum absolute atomic E-state index is 0.0756. The first-order valence-corrected chi connectivity index (χ1v) is 9.16. The Morgan fingerprint density at radius 3 is 2.81 bits per heavy atom. The van der Waals surface area contributed by atoms with Crippen LogP contribution >= 0.6 is 12.2 Å². The van der Waals surface area contributed by atoms with Gasteiger partial charge in [0.1, 0.15) is 6.04 Å². The second-order valence-corrected chi connectivity index (χ2v) is 7.17. The standard InChI is InChI=1S/C19H22N4O3S/c1-4-9-23-17(25)13-8-7-12(11-14(13)20-19(23)27)16(24)22-10-5-6-15(22)18(26)21(2)3/h4,7-8,11,15H,1,5-6,9-10H2,2-3H3,(H,20,27). The van der Waals surface area contributed by atoms with Gasteiger partial charge in [0.2, 0.25) is 5.91 Å². The number of hydrogen-bond donors (Lipinski definition) is 1. The van der Waals surface area contributed by atoms with Crippen molar-refractivity contribution in [2.45, 2.75) is 25.4 Å². The van der Waals surface area contributed by atoms with Gasteiger partial charge in [0.25, 0.3) is 11.5 Å². The second-order valence-electron chi connectivity index (χ2n) is 6.78. The fourth-order valence-corrected chi connectivity index (χ4v) is 3.68. The molecule has 8 heteroatoms. The molecule has 1 saturated heterocycles. The van der Waals surface area contributed by atoms with Gasteiger partial charge in [-0.05, 0) is 43.3 Å². The second kappa shape index (κ2) is 7.48. The van der Waals surface area contributed by atoms with E-state index in [2.05, 4.69) is 11.6 Å². The minimum Gasteiger partial charge on any atom is -0.347 e. The molecule has 7 nitrogen and oxygen atoms in total. The quantitative estimate of drug-likeness (QED) is 0.643. The molecular formula is C19H22N4O3S. The van der Waals surface area contributed by atoms with Crippen molar-refractivity contribution in [2.75, 3.05) is 20.6 Å². The van der Waals surface area contributed by atoms with Gasteiger partial charge in [-0.2, -0.15) is 0 Å². The van der Waals surface area contributed by atoms with Crippen LogP contribution < -0.4 is 5.56 Å². The van der Waals surface area contributed by atoms with E-state index in [0.29, 0.717) is 36.0 Å². The summed E-state index contributed by atoms with van der Waals surface area (Å²) in [5.41, 5.74) is 0.702. The normalized spacial score (nSPS) is 16.5. The molecule has 0 saturated carbocycles. The lowest BCUT2D eigenvalue weighted by Gasteiger charge is -2.26. The van der Waals surface area contributed by atoms with Gasteiger partial charge in [0, 0.05) is 32.7 Å². The number of H-pyrrole nitrogens is 1. The van der Waals surface area contributed by atoms with Crippen LogP contribution in [0.1, 0.15) is 23.2 Å². The first kappa shape index (κ1) is 19.0. The number of carbonyl (C=O) groups excluding carboxylic acids is 2. The summed E-state index contributed by atoms with van der Waals surface area (Å²) in [6.45, 7) is 4.48. The molecule has 0 aliphatic carbocycles. The molecule has 142 valence electrons. The predicted molar refractivity (Wildman–Crippen MR) is 106 cm³/mol. The molecule has 1 aromatic heterocycles. The fraction of sp³-hybridized carbons (Fsp3) is 0.368. The van der Waals surface area contributed by atoms with Crippen LogP contribution in [-0.4, -0.2) is 57.8 Å². The molecule has 2 heterocycles. The van der Waals surface area contributed by atoms with Crippen LogP contribution in [0.15, 0.2) is 35.6 Å². The van der Waals surface area contributed by atoms with Crippen molar-refractivity contribution >= 4 is 34.9 Å². The highest BCUT2D eigenvalue weighted by molar-refractivity contribution is 7.71. The first-order chi connectivity index (χ1) is 12.8. The lowest BCUT2D eigenvalue weighted by molar-refractivity contribution is -0.132. The lowest BCUT2D eigenvalue weighted by atomic mass is 10.1. The largest absolute Gasteiger partial charge is 0.347 e. The number of likely N-dealkylation sites (N-methyl/N-ethyl adjacent to an activating group) is 1. The van der Waals surface area contributed by atoms with Crippen molar-refractivity contribution in [3.63, 3.8) is 0 Å². The van der Waals surface area contributed by atoms with Gasteiger partial charge in [-0.25, -0.2) is 0 Å². The molecule has 2 amide bonds. The van der Waals surface area contributed by atoms with Crippen LogP contribution in [0.4, 0.5) is 0 Å². The van der Waals surface area contributed by atoms with Crippen molar-refractivity contribution in [1.29, 1.82) is 0 Å². The fourth-order valence-electron chi connectivity index (χ4n) is 3.41. The molecule has 0 radical (unpaired) electrons. The van der Waals surface area contributed by atoms with E-state index in [4.69, 9.17) is 12.2 Å². The summed E-state index contributed by atoms with van der Waals surface area (Å²) in [5, 5.41) is 0.448. The number of benzene rings is 1. The molecule has 1 aliphatic heterocycles. The molecule has 0 spiro atoms. The van der Waals surface area contributed by atoms with E-state index in [1.165, 1.54) is 9.47 Å². The van der Waals surface area contributed by atoms with Crippen molar-refractivity contribution in [3.05, 3.63) is 51.5 Å². The van der Waals surface area contributed by atoms with Gasteiger partial charge in [-0.1, -0.05) is 6.08 Å². The third kappa shape index (κ3) is 3.44. The Morgan fingerprint density at radius 2 is 2.15 bits per heavy atom. The summed E-state index contributed by atoms with van der Waals surface area (Å²) in [6.07, 6.45) is 3.05. The molecule has 27 heavy (non-hydrogen) atoms. The van der Waals surface area contributed by atoms with Gasteiger partial charge >= 0.3 is 0 Å². The Balaban J connectivity index is 2.00. The van der Waals surface area contributed by atoms with Crippen molar-refractivity contribution in [3.8, 4) is 0 Å². The summed E-state index contributed by atoms with van der Waals surface area (Å²) in [6, 6.07) is 4.43. The zero-order chi connectivity index (χ0) is 19.7. The number of nitrogens with one attached hydrogen (secondary N) is 1. The Labute approximate surface area is 161 Å². The number of likely N-dealkylation sites (tertiary alicyclic amines) is 1. The number of aromatic nitrogens is 2. The van der Waals surface area contributed by atoms with E-state index in [9.17, 15) is 14.4 Å². The van der Waals surface area contributed by atoms with Crippen LogP contribution in [0, 0.1) is 4.77 Å². The van der Waals surface area contributed by atoms with E-state index >= 15 is 0 Å². The van der Waals surface area contributed by atoms with Gasteiger partial charge in [0.05, 0.1) is 10.9 Å². The predicted octanol–water partition coefficient (Wildman–Crippen LogP) is 1.94. The van der Waals surface area contributed by atoms with Crippen molar-refractivity contribution in [2.24, 2.45) is 0 Å². The maximum absolute atomic E-state index is 13.0. The summed E-state index contributed by atoms with van der Waals surface area (Å²) >= 11 is 5.24. The van der Waals surface area contributed by atoms with Gasteiger partial charge < -0.3 is 14.8 Å². The van der Waals surface area contributed by atoms with Crippen molar-refractivity contribution in [1.82, 2.24) is 19.4 Å². The smallest absolute Gasteiger partial charge is 0.262 e. The summed E-state index contributed by atoms with van der Waals surface area (Å²) < 4.78 is 1.69. The molecule has 0 bridgehead atoms. The number of aromatic amines is 1. The molecule has 1 N–H and O–H groups in total. The Morgan fingerprint density at radius 1 is 1.41 bits per heavy atom. The SMILES string of the molecule is C=CCn1c(=S)[nH]c2cc(C(=O)N3CCCC3C(=O)N(C)C)ccc2c1=O. The Kier molecular flexibility index (Phi) is 5.27. The van der Waals surface area contributed by atoms with Crippen LogP contribution in [0.25, 0.3) is 10.9 Å². The Hall–Kier alpha value is -2.74. The maximum Gasteiger partial charge on any atom is 0.262 e. The number of amides is 2. The van der Waals surface area contributed by atoms with Gasteiger partial charge in [0.15, 0.2) is 4.77 Å². The molecule has 1 aromatic carbocycles. The molecule has 1 unspecified atom stereocenters. The zero-order valence-electron chi connectivity index (χ0n) is 15.4. The Bertz CT molecular complexity index is 1040. The average Bonchev–Trinajstić information content (AvgIpc) is 3.12. The summed E-state index contributed by atoms with van der Waals surface area (Å²) in [5.74, 6) is -0.294. The molecule has 1 atom stereocenters. The molecule has 1 fully saturated rings. The van der Waals surface area contributed by atoms with Gasteiger partial charge in [-0.15, -0.1) is 6.58 Å². The highest BCUT2D eigenvalue weighted by Crippen LogP contribution is 2.22. The monoisotopic (exact) mass is 386 g/mol. The van der Waals surface area contributed by atoms with Crippen LogP contribution in [0.5, 0.6) is 0 Å². The van der Waals surface area contributed by atoms with E-state index in [1.807, 2.05) is 0 Å². The maximum atomic E-state index is 13.0. The number of allylic oxidation sites excluding steroid dienone is 1. The molecule has 2 aromatic rings. The number of hydrogen-bond acceptors (Lipinski definition) is 4. The number of nitrogens with zero attached hydrogens (tertiary/aromatic N) is 3. The lowest BCUT2D eigenvalue weighted by Crippen LogP contribution is -2.45. The summed E-state index contributed by atoms with van der Waals surface area (Å²) in [4.78, 5) is 44.0. The highest BCUT2D eigenvalue weighted by atomic mass is 32.1. The molecular weight excluding hydrogens is 364 g/mol. The topological polar surface area (TPSA) is 78.4 Å². The number of carbonyl (C=O) groups is 2. The average molecular weight is 386 g/mol. The van der Waals surface area contributed by atoms with E-state index in [1.54, 1.807) is 43.3 Å². The van der Waals surface area contributed by atoms with E-state index in [-0.39, 0.29) is 22.1 Å². The third-order valence-electron chi connectivity index (χ3n) is 4.78. The van der Waals surface area contributed by atoms with E-state index < -0.39 is 6.04 Å². The molecule has 1 aliphatic rings. The van der Waals surface area contributed by atoms with Crippen LogP contribution in [0.3, 0.4) is 0 Å². The van der Waals surface area contributed by atoms with Crippen molar-refractivity contribution < 1.29 is 9.59 Å². The zero-order valence-corrected chi connectivity index (χ0v) is 16.2. The third-order valence-corrected chi connectivity index (χ3v) is 5.10. The van der Waals surface area contributed by atoms with Gasteiger partial charge in [-0.3, -0.25) is 19.0 Å². The summed E-state index contributed by atoms with van der Waals surface area (Å²) in [7, 11) is 3.38. The van der Waals surface area contributed by atoms with E-state index in [0.717, 1.165) is 6.42 Å². The number of fused-ring (bicyclic) bond motifs is 1. The molecule has 3 rings (SSSR count). The van der Waals surface area contributed by atoms with Crippen LogP contribution in [-0.2, 0) is 11.3 Å².